The third-order valence-electron chi connectivity index (χ3n) is 3.93. The minimum absolute atomic E-state index is 0.232. The van der Waals surface area contributed by atoms with E-state index in [2.05, 4.69) is 33.0 Å². The van der Waals surface area contributed by atoms with Gasteiger partial charge in [-0.2, -0.15) is 0 Å². The molecule has 0 saturated carbocycles. The Morgan fingerprint density at radius 2 is 1.61 bits per heavy atom. The quantitative estimate of drug-likeness (QED) is 0.816. The average Bonchev–Trinajstić information content (AvgIpc) is 2.61. The largest absolute Gasteiger partial charge is 0.445 e. The van der Waals surface area contributed by atoms with Crippen molar-refractivity contribution in [3.05, 3.63) is 64.6 Å². The number of carbonyl (C=O) groups excluding carboxylic acids is 1. The van der Waals surface area contributed by atoms with Crippen LogP contribution in [0.15, 0.2) is 59.1 Å². The van der Waals surface area contributed by atoms with Crippen LogP contribution in [0.3, 0.4) is 0 Å². The molecule has 0 aliphatic carbocycles. The summed E-state index contributed by atoms with van der Waals surface area (Å²) in [6.07, 6.45) is -0.232. The molecule has 0 N–H and O–H groups in total. The number of carbonyl (C=O) groups is 1. The molecule has 1 fully saturated rings. The number of nitrogens with zero attached hydrogens (tertiary/aromatic N) is 2. The molecule has 23 heavy (non-hydrogen) atoms. The first-order valence-corrected chi connectivity index (χ1v) is 8.48. The summed E-state index contributed by atoms with van der Waals surface area (Å²) in [5, 5.41) is 0. The molecule has 2 aromatic carbocycles. The lowest BCUT2D eigenvalue weighted by molar-refractivity contribution is 0.0942. The molecule has 1 aliphatic rings. The van der Waals surface area contributed by atoms with Gasteiger partial charge in [0.25, 0.3) is 0 Å². The van der Waals surface area contributed by atoms with Gasteiger partial charge in [-0.25, -0.2) is 4.79 Å². The van der Waals surface area contributed by atoms with Crippen LogP contribution in [0.2, 0.25) is 0 Å². The summed E-state index contributed by atoms with van der Waals surface area (Å²) in [5.74, 6) is 0. The molecule has 0 unspecified atom stereocenters. The summed E-state index contributed by atoms with van der Waals surface area (Å²) in [7, 11) is 0. The number of hydrogen-bond donors (Lipinski definition) is 0. The lowest BCUT2D eigenvalue weighted by atomic mass is 10.2. The Kier molecular flexibility index (Phi) is 5.18. The van der Waals surface area contributed by atoms with E-state index in [1.54, 1.807) is 4.90 Å². The van der Waals surface area contributed by atoms with Crippen LogP contribution in [0, 0.1) is 0 Å². The van der Waals surface area contributed by atoms with Crippen molar-refractivity contribution in [2.24, 2.45) is 0 Å². The van der Waals surface area contributed by atoms with Crippen molar-refractivity contribution in [2.75, 3.05) is 31.1 Å². The van der Waals surface area contributed by atoms with Gasteiger partial charge < -0.3 is 14.5 Å². The second-order valence-corrected chi connectivity index (χ2v) is 6.41. The number of rotatable bonds is 3. The van der Waals surface area contributed by atoms with Crippen LogP contribution in [0.4, 0.5) is 10.5 Å². The van der Waals surface area contributed by atoms with Crippen LogP contribution < -0.4 is 4.90 Å². The minimum Gasteiger partial charge on any atom is -0.445 e. The summed E-state index contributed by atoms with van der Waals surface area (Å²) >= 11 is 3.45. The number of halogens is 1. The van der Waals surface area contributed by atoms with Crippen LogP contribution in [0.1, 0.15) is 5.56 Å². The first kappa shape index (κ1) is 15.9. The van der Waals surface area contributed by atoms with Gasteiger partial charge in [0.2, 0.25) is 0 Å². The molecular formula is C18H19BrN2O2. The third-order valence-corrected chi connectivity index (χ3v) is 4.46. The van der Waals surface area contributed by atoms with Gasteiger partial charge in [-0.1, -0.05) is 46.3 Å². The van der Waals surface area contributed by atoms with E-state index in [1.807, 2.05) is 42.5 Å². The Morgan fingerprint density at radius 1 is 0.957 bits per heavy atom. The maximum Gasteiger partial charge on any atom is 0.410 e. The van der Waals surface area contributed by atoms with Gasteiger partial charge in [-0.15, -0.1) is 0 Å². The molecule has 4 nitrogen and oxygen atoms in total. The highest BCUT2D eigenvalue weighted by Gasteiger charge is 2.22. The molecule has 3 rings (SSSR count). The van der Waals surface area contributed by atoms with Crippen molar-refractivity contribution in [1.82, 2.24) is 4.90 Å². The number of benzene rings is 2. The van der Waals surface area contributed by atoms with E-state index in [4.69, 9.17) is 4.74 Å². The lowest BCUT2D eigenvalue weighted by Crippen LogP contribution is -2.48. The van der Waals surface area contributed by atoms with Gasteiger partial charge in [0.05, 0.1) is 0 Å². The van der Waals surface area contributed by atoms with Crippen molar-refractivity contribution in [1.29, 1.82) is 0 Å². The summed E-state index contributed by atoms with van der Waals surface area (Å²) in [6, 6.07) is 18.0. The summed E-state index contributed by atoms with van der Waals surface area (Å²) in [4.78, 5) is 16.2. The Bertz CT molecular complexity index is 638. The molecule has 1 heterocycles. The molecule has 1 saturated heterocycles. The van der Waals surface area contributed by atoms with Gasteiger partial charge in [-0.3, -0.25) is 0 Å². The maximum absolute atomic E-state index is 12.1. The molecule has 1 amide bonds. The topological polar surface area (TPSA) is 32.8 Å². The Balaban J connectivity index is 1.48. The second kappa shape index (κ2) is 7.51. The van der Waals surface area contributed by atoms with Crippen molar-refractivity contribution < 1.29 is 9.53 Å². The van der Waals surface area contributed by atoms with Gasteiger partial charge in [-0.05, 0) is 29.8 Å². The molecule has 120 valence electrons. The van der Waals surface area contributed by atoms with Gasteiger partial charge >= 0.3 is 6.09 Å². The number of anilines is 1. The fourth-order valence-electron chi connectivity index (χ4n) is 2.61. The first-order chi connectivity index (χ1) is 11.2. The Morgan fingerprint density at radius 3 is 2.26 bits per heavy atom. The van der Waals surface area contributed by atoms with Crippen molar-refractivity contribution in [3.63, 3.8) is 0 Å². The molecular weight excluding hydrogens is 356 g/mol. The highest BCUT2D eigenvalue weighted by Crippen LogP contribution is 2.20. The number of hydrogen-bond acceptors (Lipinski definition) is 3. The van der Waals surface area contributed by atoms with Gasteiger partial charge in [0.15, 0.2) is 0 Å². The van der Waals surface area contributed by atoms with E-state index in [9.17, 15) is 4.79 Å². The van der Waals surface area contributed by atoms with Crippen molar-refractivity contribution >= 4 is 27.7 Å². The molecule has 2 aromatic rings. The summed E-state index contributed by atoms with van der Waals surface area (Å²) < 4.78 is 6.46. The monoisotopic (exact) mass is 374 g/mol. The standard InChI is InChI=1S/C18H19BrN2O2/c19-16-6-8-17(9-7-16)20-10-12-21(13-11-20)18(22)23-14-15-4-2-1-3-5-15/h1-9H,10-14H2. The first-order valence-electron chi connectivity index (χ1n) is 7.68. The zero-order chi connectivity index (χ0) is 16.1. The van der Waals surface area contributed by atoms with E-state index < -0.39 is 0 Å². The zero-order valence-corrected chi connectivity index (χ0v) is 14.4. The Hall–Kier alpha value is -2.01. The number of ether oxygens (including phenoxy) is 1. The zero-order valence-electron chi connectivity index (χ0n) is 12.8. The van der Waals surface area contributed by atoms with Crippen LogP contribution >= 0.6 is 15.9 Å². The molecule has 0 radical (unpaired) electrons. The van der Waals surface area contributed by atoms with Crippen LogP contribution in [0.5, 0.6) is 0 Å². The highest BCUT2D eigenvalue weighted by molar-refractivity contribution is 9.10. The van der Waals surface area contributed by atoms with E-state index in [0.29, 0.717) is 19.7 Å². The highest BCUT2D eigenvalue weighted by atomic mass is 79.9. The van der Waals surface area contributed by atoms with Crippen molar-refractivity contribution in [2.45, 2.75) is 6.61 Å². The van der Waals surface area contributed by atoms with Crippen molar-refractivity contribution in [3.8, 4) is 0 Å². The summed E-state index contributed by atoms with van der Waals surface area (Å²) in [6.45, 7) is 3.34. The molecule has 1 aliphatic heterocycles. The number of amides is 1. The van der Waals surface area contributed by atoms with Gasteiger partial charge in [0, 0.05) is 36.3 Å². The summed E-state index contributed by atoms with van der Waals surface area (Å²) in [5.41, 5.74) is 2.19. The maximum atomic E-state index is 12.1. The second-order valence-electron chi connectivity index (χ2n) is 5.49. The van der Waals surface area contributed by atoms with E-state index in [-0.39, 0.29) is 6.09 Å². The molecule has 0 bridgehead atoms. The fourth-order valence-corrected chi connectivity index (χ4v) is 2.87. The van der Waals surface area contributed by atoms with Crippen LogP contribution in [-0.4, -0.2) is 37.2 Å². The van der Waals surface area contributed by atoms with E-state index in [0.717, 1.165) is 23.1 Å². The Labute approximate surface area is 144 Å². The average molecular weight is 375 g/mol. The normalized spacial score (nSPS) is 14.7. The van der Waals surface area contributed by atoms with Gasteiger partial charge in [0.1, 0.15) is 6.61 Å². The molecule has 0 atom stereocenters. The smallest absolute Gasteiger partial charge is 0.410 e. The van der Waals surface area contributed by atoms with Crippen LogP contribution in [-0.2, 0) is 11.3 Å². The number of piperazine rings is 1. The molecule has 0 spiro atoms. The van der Waals surface area contributed by atoms with E-state index in [1.165, 1.54) is 5.69 Å². The SMILES string of the molecule is O=C(OCc1ccccc1)N1CCN(c2ccc(Br)cc2)CC1. The predicted molar refractivity (Wildman–Crippen MR) is 94.6 cm³/mol. The fraction of sp³-hybridized carbons (Fsp3) is 0.278. The van der Waals surface area contributed by atoms with E-state index >= 15 is 0 Å². The van der Waals surface area contributed by atoms with Crippen LogP contribution in [0.25, 0.3) is 0 Å². The third kappa shape index (κ3) is 4.26. The lowest BCUT2D eigenvalue weighted by Gasteiger charge is -2.35. The minimum atomic E-state index is -0.232. The molecule has 0 aromatic heterocycles. The predicted octanol–water partition coefficient (Wildman–Crippen LogP) is 3.91. The molecule has 5 heteroatoms.